The maximum Gasteiger partial charge on any atom is 0.341 e. The molecule has 0 radical (unpaired) electrons. The normalized spacial score (nSPS) is 11.1. The van der Waals surface area contributed by atoms with Crippen molar-refractivity contribution < 1.29 is 14.6 Å². The Morgan fingerprint density at radius 2 is 1.93 bits per heavy atom. The summed E-state index contributed by atoms with van der Waals surface area (Å²) >= 11 is 0. The van der Waals surface area contributed by atoms with Crippen molar-refractivity contribution in [3.63, 3.8) is 0 Å². The monoisotopic (exact) mass is 543 g/mol. The molecule has 2 heterocycles. The van der Waals surface area contributed by atoms with Crippen molar-refractivity contribution in [1.29, 1.82) is 0 Å². The molecule has 12 heteroatoms. The van der Waals surface area contributed by atoms with E-state index in [2.05, 4.69) is 30.4 Å². The SMILES string of the molecule is CC.COc1c(Nc2nc(N(C)C/C(C=Nc3ccccc3)=C/N)ncc2C(=O)O)cccc1-c1ncn(C)n1. The van der Waals surface area contributed by atoms with Gasteiger partial charge in [0.15, 0.2) is 17.4 Å². The van der Waals surface area contributed by atoms with E-state index in [1.807, 2.05) is 50.2 Å². The number of aromatic carboxylic acids is 1. The van der Waals surface area contributed by atoms with Crippen molar-refractivity contribution in [3.8, 4) is 17.1 Å². The van der Waals surface area contributed by atoms with Crippen LogP contribution in [0.15, 0.2) is 77.8 Å². The van der Waals surface area contributed by atoms with Crippen LogP contribution in [0, 0.1) is 0 Å². The van der Waals surface area contributed by atoms with E-state index in [0.29, 0.717) is 34.9 Å². The van der Waals surface area contributed by atoms with Crippen LogP contribution >= 0.6 is 0 Å². The molecule has 0 spiro atoms. The minimum atomic E-state index is -1.18. The van der Waals surface area contributed by atoms with Gasteiger partial charge in [0, 0.05) is 44.8 Å². The lowest BCUT2D eigenvalue weighted by Crippen LogP contribution is -2.24. The molecule has 4 rings (SSSR count). The molecule has 2 aromatic heterocycles. The number of rotatable bonds is 10. The number of methoxy groups -OCH3 is 1. The molecule has 0 bridgehead atoms. The lowest BCUT2D eigenvalue weighted by Gasteiger charge is -2.19. The zero-order chi connectivity index (χ0) is 29.1. The van der Waals surface area contributed by atoms with E-state index in [4.69, 9.17) is 10.5 Å². The summed E-state index contributed by atoms with van der Waals surface area (Å²) in [7, 11) is 5.05. The fraction of sp³-hybridized carbons (Fsp3) is 0.214. The van der Waals surface area contributed by atoms with E-state index < -0.39 is 5.97 Å². The number of carboxylic acid groups (broad SMARTS) is 1. The molecule has 0 aliphatic carbocycles. The molecule has 2 aromatic carbocycles. The van der Waals surface area contributed by atoms with E-state index in [-0.39, 0.29) is 17.3 Å². The van der Waals surface area contributed by atoms with Gasteiger partial charge in [0.05, 0.1) is 24.0 Å². The van der Waals surface area contributed by atoms with Gasteiger partial charge < -0.3 is 25.8 Å². The number of anilines is 3. The Morgan fingerprint density at radius 1 is 1.18 bits per heavy atom. The molecule has 0 fully saturated rings. The minimum Gasteiger partial charge on any atom is -0.494 e. The number of aromatic nitrogens is 5. The average molecular weight is 544 g/mol. The Kier molecular flexibility index (Phi) is 10.3. The number of nitrogens with one attached hydrogen (secondary N) is 1. The van der Waals surface area contributed by atoms with Gasteiger partial charge in [0.25, 0.3) is 0 Å². The first-order valence-electron chi connectivity index (χ1n) is 12.5. The van der Waals surface area contributed by atoms with Gasteiger partial charge in [-0.1, -0.05) is 38.1 Å². The van der Waals surface area contributed by atoms with Crippen molar-refractivity contribution in [2.45, 2.75) is 13.8 Å². The van der Waals surface area contributed by atoms with Crippen LogP contribution in [0.2, 0.25) is 0 Å². The number of nitrogens with two attached hydrogens (primary N) is 1. The Morgan fingerprint density at radius 3 is 2.55 bits per heavy atom. The molecule has 40 heavy (non-hydrogen) atoms. The summed E-state index contributed by atoms with van der Waals surface area (Å²) in [6, 6.07) is 14.8. The molecule has 4 N–H and O–H groups in total. The molecule has 0 unspecified atom stereocenters. The third kappa shape index (κ3) is 7.19. The summed E-state index contributed by atoms with van der Waals surface area (Å²) in [4.78, 5) is 31.1. The van der Waals surface area contributed by atoms with Crippen LogP contribution in [0.5, 0.6) is 5.75 Å². The fourth-order valence-electron chi connectivity index (χ4n) is 3.58. The molecule has 0 amide bonds. The molecule has 208 valence electrons. The summed E-state index contributed by atoms with van der Waals surface area (Å²) in [5.41, 5.74) is 8.35. The van der Waals surface area contributed by atoms with E-state index >= 15 is 0 Å². The maximum absolute atomic E-state index is 12.0. The highest BCUT2D eigenvalue weighted by Gasteiger charge is 2.20. The van der Waals surface area contributed by atoms with Crippen molar-refractivity contribution in [2.75, 3.05) is 30.9 Å². The van der Waals surface area contributed by atoms with Crippen LogP contribution in [0.4, 0.5) is 23.1 Å². The summed E-state index contributed by atoms with van der Waals surface area (Å²) in [6.45, 7) is 4.34. The average Bonchev–Trinajstić information content (AvgIpc) is 3.42. The van der Waals surface area contributed by atoms with E-state index in [1.165, 1.54) is 19.5 Å². The first-order valence-corrected chi connectivity index (χ1v) is 12.5. The zero-order valence-electron chi connectivity index (χ0n) is 23.1. The van der Waals surface area contributed by atoms with E-state index in [0.717, 1.165) is 5.69 Å². The number of benzene rings is 2. The van der Waals surface area contributed by atoms with Gasteiger partial charge in [-0.15, -0.1) is 0 Å². The van der Waals surface area contributed by atoms with Crippen molar-refractivity contribution in [1.82, 2.24) is 24.7 Å². The smallest absolute Gasteiger partial charge is 0.341 e. The molecular formula is C28H33N9O3. The summed E-state index contributed by atoms with van der Waals surface area (Å²) in [6.07, 6.45) is 5.96. The van der Waals surface area contributed by atoms with Crippen LogP contribution in [0.25, 0.3) is 11.4 Å². The van der Waals surface area contributed by atoms with Gasteiger partial charge >= 0.3 is 5.97 Å². The number of carboxylic acids is 1. The van der Waals surface area contributed by atoms with E-state index in [1.54, 1.807) is 48.4 Å². The first-order chi connectivity index (χ1) is 19.4. The molecular weight excluding hydrogens is 510 g/mol. The van der Waals surface area contributed by atoms with Gasteiger partial charge in [-0.2, -0.15) is 10.1 Å². The van der Waals surface area contributed by atoms with Crippen molar-refractivity contribution in [2.24, 2.45) is 17.8 Å². The van der Waals surface area contributed by atoms with Gasteiger partial charge in [-0.25, -0.2) is 14.8 Å². The highest BCUT2D eigenvalue weighted by atomic mass is 16.5. The number of carbonyl (C=O) groups is 1. The Hall–Kier alpha value is -5.26. The second kappa shape index (κ2) is 14.0. The third-order valence-corrected chi connectivity index (χ3v) is 5.43. The molecule has 12 nitrogen and oxygen atoms in total. The molecule has 0 saturated carbocycles. The lowest BCUT2D eigenvalue weighted by atomic mass is 10.1. The van der Waals surface area contributed by atoms with Gasteiger partial charge in [-0.3, -0.25) is 9.67 Å². The van der Waals surface area contributed by atoms with Crippen LogP contribution < -0.4 is 20.7 Å². The molecule has 4 aromatic rings. The lowest BCUT2D eigenvalue weighted by molar-refractivity contribution is 0.0697. The Balaban J connectivity index is 0.00000216. The molecule has 0 atom stereocenters. The molecule has 0 aliphatic heterocycles. The van der Waals surface area contributed by atoms with Crippen molar-refractivity contribution in [3.05, 3.63) is 78.4 Å². The Labute approximate surface area is 232 Å². The quantitative estimate of drug-likeness (QED) is 0.244. The predicted molar refractivity (Wildman–Crippen MR) is 157 cm³/mol. The first kappa shape index (κ1) is 29.3. The number of aryl methyl sites for hydroxylation is 1. The summed E-state index contributed by atoms with van der Waals surface area (Å²) < 4.78 is 7.21. The van der Waals surface area contributed by atoms with Crippen LogP contribution in [0.3, 0.4) is 0 Å². The van der Waals surface area contributed by atoms with Crippen LogP contribution in [0.1, 0.15) is 24.2 Å². The molecule has 0 saturated heterocycles. The number of para-hydroxylation sites is 2. The number of hydrogen-bond acceptors (Lipinski definition) is 10. The minimum absolute atomic E-state index is 0.0926. The highest BCUT2D eigenvalue weighted by molar-refractivity contribution is 5.94. The topological polar surface area (TPSA) is 157 Å². The highest BCUT2D eigenvalue weighted by Crippen LogP contribution is 2.36. The number of nitrogens with zero attached hydrogens (tertiary/aromatic N) is 7. The van der Waals surface area contributed by atoms with E-state index in [9.17, 15) is 9.90 Å². The number of ether oxygens (including phenoxy) is 1. The second-order valence-electron chi connectivity index (χ2n) is 8.18. The standard InChI is InChI=1S/C26H27N9O3.C2H6/c1-34(15-17(12-27)13-28-18-8-5-4-6-9-18)26-29-14-20(25(36)37)24(32-26)31-21-11-7-10-19(22(21)38-3)23-30-16-35(2)33-23;1-2/h4-14,16H,15,27H2,1-3H3,(H,36,37)(H,29,31,32);1-2H3/b17-12+,28-13?;. The van der Waals surface area contributed by atoms with Gasteiger partial charge in [0.1, 0.15) is 11.9 Å². The predicted octanol–water partition coefficient (Wildman–Crippen LogP) is 4.43. The van der Waals surface area contributed by atoms with Crippen LogP contribution in [-0.2, 0) is 7.05 Å². The third-order valence-electron chi connectivity index (χ3n) is 5.43. The number of aliphatic imine (C=N–C) groups is 1. The largest absolute Gasteiger partial charge is 0.494 e. The van der Waals surface area contributed by atoms with Gasteiger partial charge in [0.2, 0.25) is 5.95 Å². The number of hydrogen-bond donors (Lipinski definition) is 3. The molecule has 0 aliphatic rings. The summed E-state index contributed by atoms with van der Waals surface area (Å²) in [5.74, 6) is 0.101. The Bertz CT molecular complexity index is 1480. The second-order valence-corrected chi connectivity index (χ2v) is 8.18. The zero-order valence-corrected chi connectivity index (χ0v) is 23.1. The maximum atomic E-state index is 12.0. The van der Waals surface area contributed by atoms with Crippen molar-refractivity contribution >= 4 is 35.3 Å². The fourth-order valence-corrected chi connectivity index (χ4v) is 3.58. The summed E-state index contributed by atoms with van der Waals surface area (Å²) in [5, 5.41) is 17.2. The van der Waals surface area contributed by atoms with Crippen LogP contribution in [-0.4, -0.2) is 62.7 Å². The van der Waals surface area contributed by atoms with Gasteiger partial charge in [-0.05, 0) is 24.3 Å². The number of likely N-dealkylation sites (N-methyl/N-ethyl adjacent to an activating group) is 1.